The van der Waals surface area contributed by atoms with Crippen LogP contribution in [0.1, 0.15) is 25.1 Å². The quantitative estimate of drug-likeness (QED) is 0.248. The summed E-state index contributed by atoms with van der Waals surface area (Å²) in [7, 11) is 0. The van der Waals surface area contributed by atoms with Crippen LogP contribution in [0.4, 0.5) is 20.4 Å². The van der Waals surface area contributed by atoms with Crippen molar-refractivity contribution in [3.8, 4) is 11.1 Å². The van der Waals surface area contributed by atoms with E-state index in [1.165, 1.54) is 12.1 Å². The van der Waals surface area contributed by atoms with E-state index in [1.807, 2.05) is 28.5 Å². The fourth-order valence-corrected chi connectivity index (χ4v) is 6.56. The Morgan fingerprint density at radius 1 is 0.907 bits per heavy atom. The van der Waals surface area contributed by atoms with Crippen LogP contribution >= 0.6 is 23.2 Å². The monoisotopic (exact) mass is 623 g/mol. The first-order valence-corrected chi connectivity index (χ1v) is 14.7. The summed E-state index contributed by atoms with van der Waals surface area (Å²) in [6.07, 6.45) is 2.13. The number of fused-ring (bicyclic) bond motifs is 1. The van der Waals surface area contributed by atoms with E-state index in [1.54, 1.807) is 48.4 Å². The molecule has 222 valence electrons. The van der Waals surface area contributed by atoms with Gasteiger partial charge in [-0.3, -0.25) is 19.1 Å². The maximum Gasteiger partial charge on any atom is 0.260 e. The van der Waals surface area contributed by atoms with Gasteiger partial charge in [0.15, 0.2) is 0 Å². The molecule has 0 N–H and O–H groups in total. The number of rotatable bonds is 6. The summed E-state index contributed by atoms with van der Waals surface area (Å²) in [5.74, 6) is -0.949. The zero-order valence-corrected chi connectivity index (χ0v) is 25.2. The molecule has 2 aliphatic rings. The number of imidazole rings is 1. The van der Waals surface area contributed by atoms with Gasteiger partial charge in [0.1, 0.15) is 17.2 Å². The molecule has 3 aromatic carbocycles. The van der Waals surface area contributed by atoms with Gasteiger partial charge in [0.25, 0.3) is 5.91 Å². The molecule has 1 fully saturated rings. The van der Waals surface area contributed by atoms with Gasteiger partial charge in [-0.05, 0) is 53.9 Å². The summed E-state index contributed by atoms with van der Waals surface area (Å²) in [6, 6.07) is 15.7. The van der Waals surface area contributed by atoms with E-state index in [2.05, 4.69) is 4.90 Å². The summed E-state index contributed by atoms with van der Waals surface area (Å²) in [5.41, 5.74) is 2.29. The smallest absolute Gasteiger partial charge is 0.260 e. The summed E-state index contributed by atoms with van der Waals surface area (Å²) >= 11 is 12.7. The number of halogens is 4. The highest BCUT2D eigenvalue weighted by Crippen LogP contribution is 2.44. The molecule has 0 saturated carbocycles. The second-order valence-electron chi connectivity index (χ2n) is 11.2. The summed E-state index contributed by atoms with van der Waals surface area (Å²) in [6.45, 7) is 6.72. The Morgan fingerprint density at radius 2 is 1.53 bits per heavy atom. The number of nitrogens with zero attached hydrogens (tertiary/aromatic N) is 5. The van der Waals surface area contributed by atoms with Gasteiger partial charge in [-0.2, -0.15) is 0 Å². The number of hydrogen-bond acceptors (Lipinski definition) is 4. The first kappa shape index (κ1) is 29.3. The maximum absolute atomic E-state index is 14.3. The average molecular weight is 625 g/mol. The molecule has 2 aliphatic heterocycles. The predicted molar refractivity (Wildman–Crippen MR) is 163 cm³/mol. The van der Waals surface area contributed by atoms with Gasteiger partial charge >= 0.3 is 0 Å². The topological polar surface area (TPSA) is 61.7 Å². The predicted octanol–water partition coefficient (Wildman–Crippen LogP) is 6.44. The number of hydrogen-bond donors (Lipinski definition) is 0. The summed E-state index contributed by atoms with van der Waals surface area (Å²) in [5, 5.41) is 0.796. The van der Waals surface area contributed by atoms with Gasteiger partial charge in [-0.15, -0.1) is 0 Å². The lowest BCUT2D eigenvalue weighted by molar-refractivity contribution is -0.130. The zero-order valence-electron chi connectivity index (χ0n) is 23.7. The van der Waals surface area contributed by atoms with Gasteiger partial charge in [-0.25, -0.2) is 18.7 Å². The van der Waals surface area contributed by atoms with Crippen molar-refractivity contribution < 1.29 is 18.4 Å². The first-order chi connectivity index (χ1) is 20.5. The fourth-order valence-electron chi connectivity index (χ4n) is 6.05. The van der Waals surface area contributed by atoms with E-state index >= 15 is 0 Å². The first-order valence-electron chi connectivity index (χ1n) is 13.9. The lowest BCUT2D eigenvalue weighted by Gasteiger charge is -2.35. The molecule has 11 heteroatoms. The largest absolute Gasteiger partial charge is 0.340 e. The second-order valence-corrected chi connectivity index (χ2v) is 12.1. The van der Waals surface area contributed by atoms with Crippen molar-refractivity contribution in [2.75, 3.05) is 31.1 Å². The number of benzene rings is 3. The zero-order chi connectivity index (χ0) is 30.5. The third kappa shape index (κ3) is 5.64. The molecule has 0 bridgehead atoms. The van der Waals surface area contributed by atoms with Crippen LogP contribution in [-0.4, -0.2) is 57.3 Å². The molecule has 43 heavy (non-hydrogen) atoms. The van der Waals surface area contributed by atoms with E-state index in [4.69, 9.17) is 28.2 Å². The molecule has 3 heterocycles. The van der Waals surface area contributed by atoms with Crippen molar-refractivity contribution in [1.82, 2.24) is 19.4 Å². The van der Waals surface area contributed by atoms with E-state index < -0.39 is 17.2 Å². The van der Waals surface area contributed by atoms with Gasteiger partial charge in [0, 0.05) is 62.2 Å². The second kappa shape index (κ2) is 11.4. The van der Waals surface area contributed by atoms with Gasteiger partial charge < -0.3 is 4.90 Å². The number of anilines is 2. The Kier molecular flexibility index (Phi) is 7.75. The van der Waals surface area contributed by atoms with Crippen molar-refractivity contribution in [3.63, 3.8) is 0 Å². The molecule has 0 radical (unpaired) electrons. The van der Waals surface area contributed by atoms with Crippen LogP contribution in [0.15, 0.2) is 66.9 Å². The molecule has 7 nitrogen and oxygen atoms in total. The molecule has 1 aromatic heterocycles. The number of carbonyl (C=O) groups excluding carboxylic acids is 2. The van der Waals surface area contributed by atoms with Gasteiger partial charge in [0.05, 0.1) is 17.6 Å². The molecular weight excluding hydrogens is 595 g/mol. The molecule has 1 saturated heterocycles. The van der Waals surface area contributed by atoms with Crippen LogP contribution in [0.25, 0.3) is 11.1 Å². The fraction of sp³-hybridized carbons (Fsp3) is 0.281. The Bertz CT molecular complexity index is 1680. The maximum atomic E-state index is 14.3. The van der Waals surface area contributed by atoms with Crippen LogP contribution in [0.3, 0.4) is 0 Å². The van der Waals surface area contributed by atoms with Crippen LogP contribution in [0.5, 0.6) is 0 Å². The molecular formula is C32H29Cl2F2N5O2. The van der Waals surface area contributed by atoms with Gasteiger partial charge in [-0.1, -0.05) is 47.5 Å². The highest BCUT2D eigenvalue weighted by atomic mass is 35.5. The number of amides is 2. The molecule has 2 amide bonds. The third-order valence-corrected chi connectivity index (χ3v) is 8.62. The Balaban J connectivity index is 1.35. The Morgan fingerprint density at radius 3 is 2.14 bits per heavy atom. The van der Waals surface area contributed by atoms with E-state index in [0.29, 0.717) is 72.0 Å². The number of aromatic nitrogens is 2. The van der Waals surface area contributed by atoms with Crippen molar-refractivity contribution in [1.29, 1.82) is 0 Å². The minimum Gasteiger partial charge on any atom is -0.340 e. The summed E-state index contributed by atoms with van der Waals surface area (Å²) < 4.78 is 29.6. The third-order valence-electron chi connectivity index (χ3n) is 8.18. The minimum absolute atomic E-state index is 0.0624. The lowest BCUT2D eigenvalue weighted by atomic mass is 9.90. The highest BCUT2D eigenvalue weighted by molar-refractivity contribution is 6.35. The normalized spacial score (nSPS) is 18.8. The van der Waals surface area contributed by atoms with Gasteiger partial charge in [0.2, 0.25) is 11.9 Å². The Hall–Kier alpha value is -3.79. The van der Waals surface area contributed by atoms with E-state index in [-0.39, 0.29) is 11.8 Å². The van der Waals surface area contributed by atoms with Crippen LogP contribution in [0.2, 0.25) is 10.0 Å². The van der Waals surface area contributed by atoms with Crippen molar-refractivity contribution in [2.24, 2.45) is 0 Å². The molecule has 1 atom stereocenters. The highest BCUT2D eigenvalue weighted by Gasteiger charge is 2.50. The summed E-state index contributed by atoms with van der Waals surface area (Å²) in [4.78, 5) is 36.5. The minimum atomic E-state index is -1.05. The molecule has 6 rings (SSSR count). The van der Waals surface area contributed by atoms with Crippen LogP contribution in [-0.2, 0) is 28.1 Å². The SMILES string of the molecule is CC(=O)N1CCN(Cc2cnc3n2[C@](C)(Cc2ccc(-c4cc(F)cc(F)c4)cc2)C(=O)N3c2cc(Cl)cc(Cl)c2)CC1. The Labute approximate surface area is 258 Å². The average Bonchev–Trinajstić information content (AvgIpc) is 3.45. The van der Waals surface area contributed by atoms with Crippen molar-refractivity contribution in [3.05, 3.63) is 99.8 Å². The standard InChI is InChI=1S/C32H29Cl2F2N5O2/c1-20(42)39-9-7-38(8-10-39)19-29-18-37-31-40(28-14-24(33)13-25(34)15-28)30(43)32(2,41(29)31)17-21-3-5-22(6-4-21)23-11-26(35)16-27(36)12-23/h3-6,11-16,18H,7-10,17,19H2,1-2H3/t32-/m1/s1. The molecule has 0 aliphatic carbocycles. The number of carbonyl (C=O) groups is 2. The molecule has 0 unspecified atom stereocenters. The molecule has 4 aromatic rings. The van der Waals surface area contributed by atoms with Crippen molar-refractivity contribution >= 4 is 46.7 Å². The van der Waals surface area contributed by atoms with E-state index in [0.717, 1.165) is 17.3 Å². The molecule has 0 spiro atoms. The van der Waals surface area contributed by atoms with Crippen LogP contribution in [0, 0.1) is 11.6 Å². The number of piperazine rings is 1. The lowest BCUT2D eigenvalue weighted by Crippen LogP contribution is -2.48. The van der Waals surface area contributed by atoms with Crippen molar-refractivity contribution in [2.45, 2.75) is 32.4 Å². The van der Waals surface area contributed by atoms with E-state index in [9.17, 15) is 18.4 Å². The van der Waals surface area contributed by atoms with Crippen LogP contribution < -0.4 is 4.90 Å².